The fourth-order valence-electron chi connectivity index (χ4n) is 2.20. The fraction of sp³-hybridized carbons (Fsp3) is 0.176. The van der Waals surface area contributed by atoms with Crippen LogP contribution in [0, 0.1) is 6.92 Å². The Morgan fingerprint density at radius 3 is 2.86 bits per heavy atom. The molecule has 112 valence electrons. The maximum atomic E-state index is 12.3. The van der Waals surface area contributed by atoms with Crippen LogP contribution in [0.3, 0.4) is 0 Å². The number of nitrogens with one attached hydrogen (secondary N) is 1. The Morgan fingerprint density at radius 1 is 1.27 bits per heavy atom. The second-order valence-electron chi connectivity index (χ2n) is 4.88. The molecule has 1 aromatic heterocycles. The molecule has 4 nitrogen and oxygen atoms in total. The van der Waals surface area contributed by atoms with Gasteiger partial charge in [-0.1, -0.05) is 35.1 Å². The van der Waals surface area contributed by atoms with E-state index in [1.165, 1.54) is 11.3 Å². The maximum Gasteiger partial charge on any atom is 0.257 e. The molecule has 3 rings (SSSR count). The number of amides is 1. The molecule has 2 aromatic carbocycles. The van der Waals surface area contributed by atoms with Gasteiger partial charge in [-0.2, -0.15) is 0 Å². The Hall–Kier alpha value is -2.40. The predicted octanol–water partition coefficient (Wildman–Crippen LogP) is 4.26. The third-order valence-electron chi connectivity index (χ3n) is 3.18. The number of benzene rings is 2. The average molecular weight is 312 g/mol. The molecule has 0 aliphatic carbocycles. The molecule has 1 heterocycles. The van der Waals surface area contributed by atoms with Crippen LogP contribution < -0.4 is 10.1 Å². The predicted molar refractivity (Wildman–Crippen MR) is 89.9 cm³/mol. The van der Waals surface area contributed by atoms with Gasteiger partial charge in [-0.05, 0) is 38.1 Å². The summed E-state index contributed by atoms with van der Waals surface area (Å²) >= 11 is 1.44. The summed E-state index contributed by atoms with van der Waals surface area (Å²) < 4.78 is 6.56. The molecule has 0 radical (unpaired) electrons. The fourth-order valence-corrected chi connectivity index (χ4v) is 3.08. The summed E-state index contributed by atoms with van der Waals surface area (Å²) in [5.74, 6) is 0.591. The summed E-state index contributed by atoms with van der Waals surface area (Å²) in [6.45, 7) is 4.48. The lowest BCUT2D eigenvalue weighted by Crippen LogP contribution is -2.11. The molecule has 22 heavy (non-hydrogen) atoms. The first kappa shape index (κ1) is 14.5. The highest BCUT2D eigenvalue weighted by Gasteiger charge is 2.12. The molecule has 0 unspecified atom stereocenters. The van der Waals surface area contributed by atoms with E-state index in [2.05, 4.69) is 10.3 Å². The number of rotatable bonds is 4. The van der Waals surface area contributed by atoms with Crippen LogP contribution in [0.15, 0.2) is 42.5 Å². The number of nitrogens with zero attached hydrogens (tertiary/aromatic N) is 1. The third kappa shape index (κ3) is 2.94. The van der Waals surface area contributed by atoms with Gasteiger partial charge in [0.25, 0.3) is 5.91 Å². The number of hydrogen-bond acceptors (Lipinski definition) is 4. The van der Waals surface area contributed by atoms with Crippen molar-refractivity contribution in [3.05, 3.63) is 53.6 Å². The lowest BCUT2D eigenvalue weighted by atomic mass is 10.1. The molecule has 0 spiro atoms. The molecule has 5 heteroatoms. The van der Waals surface area contributed by atoms with E-state index < -0.39 is 0 Å². The van der Waals surface area contributed by atoms with Crippen LogP contribution >= 0.6 is 11.3 Å². The molecule has 1 amide bonds. The average Bonchev–Trinajstić information content (AvgIpc) is 2.91. The highest BCUT2D eigenvalue weighted by atomic mass is 32.1. The van der Waals surface area contributed by atoms with Gasteiger partial charge in [-0.15, -0.1) is 0 Å². The Morgan fingerprint density at radius 2 is 2.09 bits per heavy atom. The lowest BCUT2D eigenvalue weighted by Gasteiger charge is -2.03. The van der Waals surface area contributed by atoms with Gasteiger partial charge in [-0.3, -0.25) is 10.1 Å². The molecule has 0 saturated carbocycles. The Bertz CT molecular complexity index is 826. The van der Waals surface area contributed by atoms with Crippen LogP contribution in [0.2, 0.25) is 0 Å². The van der Waals surface area contributed by atoms with Crippen molar-refractivity contribution in [1.82, 2.24) is 4.98 Å². The number of hydrogen-bond donors (Lipinski definition) is 1. The summed E-state index contributed by atoms with van der Waals surface area (Å²) in [4.78, 5) is 16.8. The van der Waals surface area contributed by atoms with Crippen molar-refractivity contribution in [2.75, 3.05) is 11.9 Å². The number of thiazole rings is 1. The minimum absolute atomic E-state index is 0.152. The van der Waals surface area contributed by atoms with Crippen molar-refractivity contribution in [3.63, 3.8) is 0 Å². The number of ether oxygens (including phenoxy) is 1. The van der Waals surface area contributed by atoms with E-state index in [-0.39, 0.29) is 5.91 Å². The van der Waals surface area contributed by atoms with Crippen LogP contribution in [-0.4, -0.2) is 17.5 Å². The topological polar surface area (TPSA) is 51.2 Å². The third-order valence-corrected chi connectivity index (χ3v) is 4.12. The molecular weight excluding hydrogens is 296 g/mol. The summed E-state index contributed by atoms with van der Waals surface area (Å²) in [7, 11) is 0. The molecule has 0 bridgehead atoms. The highest BCUT2D eigenvalue weighted by molar-refractivity contribution is 7.22. The van der Waals surface area contributed by atoms with E-state index >= 15 is 0 Å². The highest BCUT2D eigenvalue weighted by Crippen LogP contribution is 2.32. The van der Waals surface area contributed by atoms with Gasteiger partial charge in [-0.25, -0.2) is 4.98 Å². The van der Waals surface area contributed by atoms with Crippen molar-refractivity contribution >= 4 is 32.6 Å². The summed E-state index contributed by atoms with van der Waals surface area (Å²) in [5.41, 5.74) is 2.47. The van der Waals surface area contributed by atoms with Crippen molar-refractivity contribution < 1.29 is 9.53 Å². The monoisotopic (exact) mass is 312 g/mol. The minimum Gasteiger partial charge on any atom is -0.492 e. The number of carbonyl (C=O) groups excluding carboxylic acids is 1. The van der Waals surface area contributed by atoms with Gasteiger partial charge in [0, 0.05) is 5.56 Å². The quantitative estimate of drug-likeness (QED) is 0.783. The van der Waals surface area contributed by atoms with E-state index in [9.17, 15) is 4.79 Å². The Labute approximate surface area is 132 Å². The molecule has 0 aliphatic heterocycles. The van der Waals surface area contributed by atoms with Gasteiger partial charge in [0.05, 0.1) is 11.3 Å². The van der Waals surface area contributed by atoms with E-state index in [1.807, 2.05) is 50.2 Å². The van der Waals surface area contributed by atoms with Gasteiger partial charge < -0.3 is 4.74 Å². The largest absolute Gasteiger partial charge is 0.492 e. The summed E-state index contributed by atoms with van der Waals surface area (Å²) in [6, 6.07) is 13.3. The minimum atomic E-state index is -0.152. The molecule has 0 atom stereocenters. The smallest absolute Gasteiger partial charge is 0.257 e. The van der Waals surface area contributed by atoms with Crippen molar-refractivity contribution in [3.8, 4) is 5.75 Å². The Kier molecular flexibility index (Phi) is 4.06. The standard InChI is InChI=1S/C17H16N2O2S/c1-3-21-13-8-5-9-14-15(13)18-17(22-14)19-16(20)12-7-4-6-11(2)10-12/h4-10H,3H2,1-2H3,(H,18,19,20). The van der Waals surface area contributed by atoms with Crippen LogP contribution in [0.1, 0.15) is 22.8 Å². The number of para-hydroxylation sites is 1. The van der Waals surface area contributed by atoms with Crippen LogP contribution in [-0.2, 0) is 0 Å². The molecule has 1 N–H and O–H groups in total. The normalized spacial score (nSPS) is 10.6. The SMILES string of the molecule is CCOc1cccc2sc(NC(=O)c3cccc(C)c3)nc12. The zero-order valence-corrected chi connectivity index (χ0v) is 13.2. The van der Waals surface area contributed by atoms with Crippen LogP contribution in [0.25, 0.3) is 10.2 Å². The van der Waals surface area contributed by atoms with Gasteiger partial charge in [0.15, 0.2) is 5.13 Å². The maximum absolute atomic E-state index is 12.3. The second kappa shape index (κ2) is 6.15. The number of carbonyl (C=O) groups is 1. The number of aryl methyl sites for hydroxylation is 1. The first-order chi connectivity index (χ1) is 10.7. The molecule has 0 aliphatic rings. The lowest BCUT2D eigenvalue weighted by molar-refractivity contribution is 0.102. The van der Waals surface area contributed by atoms with E-state index in [4.69, 9.17) is 4.74 Å². The summed E-state index contributed by atoms with van der Waals surface area (Å²) in [5, 5.41) is 3.43. The van der Waals surface area contributed by atoms with Gasteiger partial charge in [0.1, 0.15) is 11.3 Å². The first-order valence-corrected chi connectivity index (χ1v) is 7.89. The van der Waals surface area contributed by atoms with Crippen molar-refractivity contribution in [1.29, 1.82) is 0 Å². The Balaban J connectivity index is 1.88. The van der Waals surface area contributed by atoms with Gasteiger partial charge in [0.2, 0.25) is 0 Å². The molecule has 0 saturated heterocycles. The molecular formula is C17H16N2O2S. The molecule has 3 aromatic rings. The van der Waals surface area contributed by atoms with Crippen molar-refractivity contribution in [2.45, 2.75) is 13.8 Å². The van der Waals surface area contributed by atoms with E-state index in [0.29, 0.717) is 17.3 Å². The van der Waals surface area contributed by atoms with Gasteiger partial charge >= 0.3 is 0 Å². The molecule has 0 fully saturated rings. The number of aromatic nitrogens is 1. The van der Waals surface area contributed by atoms with Crippen LogP contribution in [0.5, 0.6) is 5.75 Å². The summed E-state index contributed by atoms with van der Waals surface area (Å²) in [6.07, 6.45) is 0. The van der Waals surface area contributed by atoms with E-state index in [1.54, 1.807) is 6.07 Å². The second-order valence-corrected chi connectivity index (χ2v) is 5.91. The zero-order valence-electron chi connectivity index (χ0n) is 12.4. The number of anilines is 1. The van der Waals surface area contributed by atoms with Crippen LogP contribution in [0.4, 0.5) is 5.13 Å². The zero-order chi connectivity index (χ0) is 15.5. The van der Waals surface area contributed by atoms with Crippen molar-refractivity contribution in [2.24, 2.45) is 0 Å². The number of fused-ring (bicyclic) bond motifs is 1. The van der Waals surface area contributed by atoms with E-state index in [0.717, 1.165) is 21.5 Å². The first-order valence-electron chi connectivity index (χ1n) is 7.07.